The average molecular weight is 250 g/mol. The topological polar surface area (TPSA) is 57.5 Å². The van der Waals surface area contributed by atoms with Gasteiger partial charge in [0.1, 0.15) is 17.4 Å². The Balaban J connectivity index is 2.63. The van der Waals surface area contributed by atoms with E-state index in [1.54, 1.807) is 0 Å². The number of benzene rings is 2. The van der Waals surface area contributed by atoms with Crippen LogP contribution in [0.3, 0.4) is 0 Å². The second-order valence-corrected chi connectivity index (χ2v) is 3.70. The van der Waals surface area contributed by atoms with Gasteiger partial charge in [-0.05, 0) is 42.0 Å². The van der Waals surface area contributed by atoms with E-state index < -0.39 is 17.6 Å². The summed E-state index contributed by atoms with van der Waals surface area (Å²) < 4.78 is 26.3. The number of aromatic carboxylic acids is 1. The summed E-state index contributed by atoms with van der Waals surface area (Å²) in [6.07, 6.45) is 0. The fraction of sp³-hybridized carbons (Fsp3) is 0. The molecule has 0 amide bonds. The maximum Gasteiger partial charge on any atom is 0.335 e. The van der Waals surface area contributed by atoms with E-state index in [0.29, 0.717) is 0 Å². The SMILES string of the molecule is O=C(O)c1cc(F)cc(-c2cc(F)ccc2O)c1. The lowest BCUT2D eigenvalue weighted by molar-refractivity contribution is 0.0696. The zero-order chi connectivity index (χ0) is 13.3. The Morgan fingerprint density at radius 3 is 2.39 bits per heavy atom. The first-order chi connectivity index (χ1) is 8.47. The molecule has 0 saturated heterocycles. The Labute approximate surface area is 101 Å². The van der Waals surface area contributed by atoms with Crippen LogP contribution in [-0.2, 0) is 0 Å². The molecule has 2 aromatic rings. The molecular formula is C13H8F2O3. The van der Waals surface area contributed by atoms with Crippen LogP contribution in [0.25, 0.3) is 11.1 Å². The summed E-state index contributed by atoms with van der Waals surface area (Å²) in [4.78, 5) is 10.8. The van der Waals surface area contributed by atoms with Crippen LogP contribution in [0.1, 0.15) is 10.4 Å². The molecule has 0 saturated carbocycles. The molecule has 3 nitrogen and oxygen atoms in total. The molecule has 5 heteroatoms. The van der Waals surface area contributed by atoms with Crippen LogP contribution in [0.15, 0.2) is 36.4 Å². The van der Waals surface area contributed by atoms with Gasteiger partial charge in [-0.25, -0.2) is 13.6 Å². The van der Waals surface area contributed by atoms with Gasteiger partial charge in [0, 0.05) is 5.56 Å². The molecule has 0 fully saturated rings. The molecule has 0 radical (unpaired) electrons. The Kier molecular flexibility index (Phi) is 2.97. The van der Waals surface area contributed by atoms with Crippen molar-refractivity contribution in [2.24, 2.45) is 0 Å². The van der Waals surface area contributed by atoms with Crippen LogP contribution in [0.5, 0.6) is 5.75 Å². The molecule has 92 valence electrons. The molecule has 2 aromatic carbocycles. The van der Waals surface area contributed by atoms with E-state index in [2.05, 4.69) is 0 Å². The van der Waals surface area contributed by atoms with Gasteiger partial charge in [-0.3, -0.25) is 0 Å². The number of aromatic hydroxyl groups is 1. The highest BCUT2D eigenvalue weighted by Gasteiger charge is 2.11. The Morgan fingerprint density at radius 2 is 1.72 bits per heavy atom. The van der Waals surface area contributed by atoms with Gasteiger partial charge >= 0.3 is 5.97 Å². The Morgan fingerprint density at radius 1 is 1.00 bits per heavy atom. The Hall–Kier alpha value is -2.43. The molecule has 2 N–H and O–H groups in total. The van der Waals surface area contributed by atoms with Gasteiger partial charge in [-0.15, -0.1) is 0 Å². The van der Waals surface area contributed by atoms with Gasteiger partial charge in [0.15, 0.2) is 0 Å². The maximum atomic E-state index is 13.3. The first-order valence-electron chi connectivity index (χ1n) is 5.00. The highest BCUT2D eigenvalue weighted by molar-refractivity contribution is 5.89. The fourth-order valence-electron chi connectivity index (χ4n) is 1.61. The number of hydrogen-bond donors (Lipinski definition) is 2. The number of phenols is 1. The van der Waals surface area contributed by atoms with E-state index in [1.165, 1.54) is 6.07 Å². The van der Waals surface area contributed by atoms with Gasteiger partial charge in [0.25, 0.3) is 0 Å². The summed E-state index contributed by atoms with van der Waals surface area (Å²) in [5, 5.41) is 18.4. The van der Waals surface area contributed by atoms with Crippen molar-refractivity contribution >= 4 is 5.97 Å². The van der Waals surface area contributed by atoms with E-state index in [-0.39, 0.29) is 22.4 Å². The molecule has 0 aromatic heterocycles. The standard InChI is InChI=1S/C13H8F2O3/c14-9-1-2-12(16)11(6-9)7-3-8(13(17)18)5-10(15)4-7/h1-6,16H,(H,17,18). The lowest BCUT2D eigenvalue weighted by Crippen LogP contribution is -1.97. The maximum absolute atomic E-state index is 13.3. The molecule has 0 atom stereocenters. The average Bonchev–Trinajstić information content (AvgIpc) is 2.31. The van der Waals surface area contributed by atoms with Crippen LogP contribution in [-0.4, -0.2) is 16.2 Å². The van der Waals surface area contributed by atoms with E-state index in [9.17, 15) is 18.7 Å². The number of hydrogen-bond acceptors (Lipinski definition) is 2. The third-order valence-corrected chi connectivity index (χ3v) is 2.41. The first-order valence-corrected chi connectivity index (χ1v) is 5.00. The normalized spacial score (nSPS) is 10.3. The van der Waals surface area contributed by atoms with E-state index >= 15 is 0 Å². The number of rotatable bonds is 2. The van der Waals surface area contributed by atoms with Crippen molar-refractivity contribution in [1.29, 1.82) is 0 Å². The molecule has 0 heterocycles. The molecule has 0 unspecified atom stereocenters. The van der Waals surface area contributed by atoms with Crippen molar-refractivity contribution in [2.45, 2.75) is 0 Å². The largest absolute Gasteiger partial charge is 0.507 e. The smallest absolute Gasteiger partial charge is 0.335 e. The predicted molar refractivity (Wildman–Crippen MR) is 60.4 cm³/mol. The monoisotopic (exact) mass is 250 g/mol. The molecule has 0 aliphatic heterocycles. The summed E-state index contributed by atoms with van der Waals surface area (Å²) >= 11 is 0. The third-order valence-electron chi connectivity index (χ3n) is 2.41. The minimum Gasteiger partial charge on any atom is -0.507 e. The molecular weight excluding hydrogens is 242 g/mol. The lowest BCUT2D eigenvalue weighted by Gasteiger charge is -2.06. The number of carboxylic acid groups (broad SMARTS) is 1. The van der Waals surface area contributed by atoms with Crippen molar-refractivity contribution in [3.8, 4) is 16.9 Å². The van der Waals surface area contributed by atoms with Gasteiger partial charge in [0.2, 0.25) is 0 Å². The second kappa shape index (κ2) is 4.44. The summed E-state index contributed by atoms with van der Waals surface area (Å²) in [6.45, 7) is 0. The molecule has 0 bridgehead atoms. The predicted octanol–water partition coefficient (Wildman–Crippen LogP) is 3.04. The van der Waals surface area contributed by atoms with Gasteiger partial charge in [0.05, 0.1) is 5.56 Å². The highest BCUT2D eigenvalue weighted by atomic mass is 19.1. The van der Waals surface area contributed by atoms with Crippen molar-refractivity contribution in [2.75, 3.05) is 0 Å². The fourth-order valence-corrected chi connectivity index (χ4v) is 1.61. The number of carboxylic acids is 1. The van der Waals surface area contributed by atoms with Crippen LogP contribution in [0.2, 0.25) is 0 Å². The molecule has 0 aliphatic rings. The van der Waals surface area contributed by atoms with E-state index in [0.717, 1.165) is 30.3 Å². The summed E-state index contributed by atoms with van der Waals surface area (Å²) in [6, 6.07) is 6.23. The quantitative estimate of drug-likeness (QED) is 0.861. The van der Waals surface area contributed by atoms with Gasteiger partial charge < -0.3 is 10.2 Å². The molecule has 0 aliphatic carbocycles. The van der Waals surface area contributed by atoms with E-state index in [4.69, 9.17) is 5.11 Å². The minimum atomic E-state index is -1.30. The van der Waals surface area contributed by atoms with E-state index in [1.807, 2.05) is 0 Å². The minimum absolute atomic E-state index is 0.0389. The molecule has 0 spiro atoms. The molecule has 18 heavy (non-hydrogen) atoms. The lowest BCUT2D eigenvalue weighted by atomic mass is 10.0. The van der Waals surface area contributed by atoms with Gasteiger partial charge in [-0.1, -0.05) is 0 Å². The summed E-state index contributed by atoms with van der Waals surface area (Å²) in [5.41, 5.74) is -0.130. The van der Waals surface area contributed by atoms with Crippen molar-refractivity contribution in [3.05, 3.63) is 53.6 Å². The van der Waals surface area contributed by atoms with Crippen LogP contribution in [0, 0.1) is 11.6 Å². The summed E-state index contributed by atoms with van der Waals surface area (Å²) in [7, 11) is 0. The van der Waals surface area contributed by atoms with Crippen molar-refractivity contribution < 1.29 is 23.8 Å². The van der Waals surface area contributed by atoms with Crippen molar-refractivity contribution in [3.63, 3.8) is 0 Å². The van der Waals surface area contributed by atoms with Gasteiger partial charge in [-0.2, -0.15) is 0 Å². The molecule has 2 rings (SSSR count). The van der Waals surface area contributed by atoms with Crippen molar-refractivity contribution in [1.82, 2.24) is 0 Å². The first kappa shape index (κ1) is 12.0. The van der Waals surface area contributed by atoms with Crippen LogP contribution in [0.4, 0.5) is 8.78 Å². The van der Waals surface area contributed by atoms with Crippen LogP contribution < -0.4 is 0 Å². The summed E-state index contributed by atoms with van der Waals surface area (Å²) in [5.74, 6) is -2.93. The Bertz CT molecular complexity index is 624. The second-order valence-electron chi connectivity index (χ2n) is 3.70. The highest BCUT2D eigenvalue weighted by Crippen LogP contribution is 2.30. The zero-order valence-electron chi connectivity index (χ0n) is 9.02. The zero-order valence-corrected chi connectivity index (χ0v) is 9.02. The van der Waals surface area contributed by atoms with Crippen LogP contribution >= 0.6 is 0 Å². The number of carbonyl (C=O) groups is 1. The number of halogens is 2. The third kappa shape index (κ3) is 2.29. The number of phenolic OH excluding ortho intramolecular Hbond substituents is 1.